The minimum atomic E-state index is -4.08. The molecule has 1 aliphatic carbocycles. The summed E-state index contributed by atoms with van der Waals surface area (Å²) < 4.78 is 54.5. The first-order valence-corrected chi connectivity index (χ1v) is 7.74. The summed E-state index contributed by atoms with van der Waals surface area (Å²) in [5.41, 5.74) is 0. The highest BCUT2D eigenvalue weighted by atomic mass is 32.2. The van der Waals surface area contributed by atoms with Gasteiger partial charge in [0.2, 0.25) is 0 Å². The van der Waals surface area contributed by atoms with E-state index in [0.717, 1.165) is 37.8 Å². The molecule has 0 aliphatic heterocycles. The van der Waals surface area contributed by atoms with Crippen molar-refractivity contribution in [1.29, 1.82) is 0 Å². The first-order chi connectivity index (χ1) is 8.97. The highest BCUT2D eigenvalue weighted by Crippen LogP contribution is 2.25. The van der Waals surface area contributed by atoms with Gasteiger partial charge in [-0.25, -0.2) is 8.78 Å². The number of benzene rings is 1. The van der Waals surface area contributed by atoms with Gasteiger partial charge in [-0.3, -0.25) is 4.18 Å². The average Bonchev–Trinajstić information content (AvgIpc) is 2.37. The van der Waals surface area contributed by atoms with Crippen molar-refractivity contribution in [3.8, 4) is 0 Å². The van der Waals surface area contributed by atoms with Crippen LogP contribution in [0.2, 0.25) is 0 Å². The first kappa shape index (κ1) is 14.4. The molecule has 6 heteroatoms. The molecule has 2 rings (SSSR count). The Kier molecular flexibility index (Phi) is 4.52. The second kappa shape index (κ2) is 5.96. The van der Waals surface area contributed by atoms with Crippen LogP contribution in [0.25, 0.3) is 0 Å². The Balaban J connectivity index is 2.04. The quantitative estimate of drug-likeness (QED) is 0.799. The normalized spacial score (nSPS) is 17.6. The molecule has 1 saturated carbocycles. The van der Waals surface area contributed by atoms with E-state index < -0.39 is 26.6 Å². The van der Waals surface area contributed by atoms with E-state index in [0.29, 0.717) is 6.07 Å². The van der Waals surface area contributed by atoms with Crippen molar-refractivity contribution in [2.24, 2.45) is 5.92 Å². The van der Waals surface area contributed by atoms with E-state index in [1.807, 2.05) is 0 Å². The zero-order chi connectivity index (χ0) is 13.9. The molecule has 0 aromatic heterocycles. The molecule has 0 unspecified atom stereocenters. The smallest absolute Gasteiger partial charge is 0.266 e. The first-order valence-electron chi connectivity index (χ1n) is 6.33. The Morgan fingerprint density at radius 3 is 2.21 bits per heavy atom. The zero-order valence-corrected chi connectivity index (χ0v) is 11.3. The summed E-state index contributed by atoms with van der Waals surface area (Å²) in [7, 11) is -4.08. The molecular formula is C13H16F2O3S. The minimum Gasteiger partial charge on any atom is -0.266 e. The summed E-state index contributed by atoms with van der Waals surface area (Å²) >= 11 is 0. The molecule has 0 atom stereocenters. The Morgan fingerprint density at radius 2 is 1.63 bits per heavy atom. The van der Waals surface area contributed by atoms with Gasteiger partial charge in [-0.15, -0.1) is 0 Å². The maximum atomic E-state index is 13.0. The van der Waals surface area contributed by atoms with Crippen molar-refractivity contribution in [1.82, 2.24) is 0 Å². The topological polar surface area (TPSA) is 43.4 Å². The van der Waals surface area contributed by atoms with Gasteiger partial charge in [-0.2, -0.15) is 8.42 Å². The molecule has 0 N–H and O–H groups in total. The Bertz CT molecular complexity index is 517. The van der Waals surface area contributed by atoms with Crippen LogP contribution in [0, 0.1) is 17.6 Å². The van der Waals surface area contributed by atoms with Gasteiger partial charge in [0.25, 0.3) is 10.1 Å². The fourth-order valence-corrected chi connectivity index (χ4v) is 3.30. The van der Waals surface area contributed by atoms with Gasteiger partial charge in [-0.05, 0) is 30.9 Å². The lowest BCUT2D eigenvalue weighted by Gasteiger charge is -2.20. The third kappa shape index (κ3) is 3.98. The molecule has 0 radical (unpaired) electrons. The molecule has 1 aliphatic rings. The number of hydrogen-bond donors (Lipinski definition) is 0. The monoisotopic (exact) mass is 290 g/mol. The average molecular weight is 290 g/mol. The highest BCUT2D eigenvalue weighted by Gasteiger charge is 2.21. The molecule has 1 aromatic carbocycles. The summed E-state index contributed by atoms with van der Waals surface area (Å²) in [4.78, 5) is -0.471. The van der Waals surface area contributed by atoms with Crippen molar-refractivity contribution < 1.29 is 21.4 Å². The fourth-order valence-electron chi connectivity index (χ4n) is 2.28. The van der Waals surface area contributed by atoms with Crippen LogP contribution < -0.4 is 0 Å². The van der Waals surface area contributed by atoms with Gasteiger partial charge in [-0.1, -0.05) is 19.3 Å². The van der Waals surface area contributed by atoms with Crippen molar-refractivity contribution in [3.63, 3.8) is 0 Å². The third-order valence-corrected chi connectivity index (χ3v) is 4.57. The van der Waals surface area contributed by atoms with Gasteiger partial charge < -0.3 is 0 Å². The van der Waals surface area contributed by atoms with Crippen LogP contribution in [-0.2, 0) is 14.3 Å². The molecular weight excluding hydrogens is 274 g/mol. The summed E-state index contributed by atoms with van der Waals surface area (Å²) in [6, 6.07) is 2.15. The van der Waals surface area contributed by atoms with Crippen LogP contribution in [-0.4, -0.2) is 15.0 Å². The molecule has 0 heterocycles. The van der Waals surface area contributed by atoms with E-state index in [-0.39, 0.29) is 12.5 Å². The van der Waals surface area contributed by atoms with Gasteiger partial charge in [0.1, 0.15) is 11.6 Å². The van der Waals surface area contributed by atoms with Crippen LogP contribution >= 0.6 is 0 Å². The maximum absolute atomic E-state index is 13.0. The standard InChI is InChI=1S/C13H16F2O3S/c14-11-6-12(15)8-13(7-11)19(16,17)18-9-10-4-2-1-3-5-10/h6-8,10H,1-5,9H2. The van der Waals surface area contributed by atoms with E-state index in [1.165, 1.54) is 6.42 Å². The molecule has 106 valence electrons. The van der Waals surface area contributed by atoms with Gasteiger partial charge in [0.15, 0.2) is 0 Å². The summed E-state index contributed by atoms with van der Waals surface area (Å²) in [6.45, 7) is 0.0838. The van der Waals surface area contributed by atoms with Crippen molar-refractivity contribution >= 4 is 10.1 Å². The predicted molar refractivity (Wildman–Crippen MR) is 66.1 cm³/mol. The van der Waals surface area contributed by atoms with Crippen molar-refractivity contribution in [2.75, 3.05) is 6.61 Å². The second-order valence-corrected chi connectivity index (χ2v) is 6.46. The molecule has 0 bridgehead atoms. The number of halogens is 2. The molecule has 19 heavy (non-hydrogen) atoms. The molecule has 0 amide bonds. The molecule has 0 saturated heterocycles. The van der Waals surface area contributed by atoms with Crippen LogP contribution in [0.15, 0.2) is 23.1 Å². The minimum absolute atomic E-state index is 0.0838. The molecule has 3 nitrogen and oxygen atoms in total. The molecule has 1 aromatic rings. The lowest BCUT2D eigenvalue weighted by atomic mass is 9.90. The zero-order valence-electron chi connectivity index (χ0n) is 10.4. The predicted octanol–water partition coefficient (Wildman–Crippen LogP) is 3.25. The van der Waals surface area contributed by atoms with Gasteiger partial charge in [0, 0.05) is 6.07 Å². The molecule has 0 spiro atoms. The number of hydrogen-bond acceptors (Lipinski definition) is 3. The maximum Gasteiger partial charge on any atom is 0.297 e. The third-order valence-electron chi connectivity index (χ3n) is 3.31. The summed E-state index contributed by atoms with van der Waals surface area (Å²) in [5.74, 6) is -1.65. The van der Waals surface area contributed by atoms with E-state index in [1.54, 1.807) is 0 Å². The lowest BCUT2D eigenvalue weighted by molar-refractivity contribution is 0.213. The van der Waals surface area contributed by atoms with Gasteiger partial charge in [0.05, 0.1) is 11.5 Å². The second-order valence-electron chi connectivity index (χ2n) is 4.85. The Labute approximate surface area is 111 Å². The molecule has 1 fully saturated rings. The van der Waals surface area contributed by atoms with Crippen molar-refractivity contribution in [3.05, 3.63) is 29.8 Å². The van der Waals surface area contributed by atoms with E-state index in [9.17, 15) is 17.2 Å². The van der Waals surface area contributed by atoms with Crippen LogP contribution in [0.1, 0.15) is 32.1 Å². The largest absolute Gasteiger partial charge is 0.297 e. The Hall–Kier alpha value is -1.01. The lowest BCUT2D eigenvalue weighted by Crippen LogP contribution is -2.17. The van der Waals surface area contributed by atoms with E-state index in [4.69, 9.17) is 4.18 Å². The van der Waals surface area contributed by atoms with Crippen LogP contribution in [0.4, 0.5) is 8.78 Å². The SMILES string of the molecule is O=S(=O)(OCC1CCCCC1)c1cc(F)cc(F)c1. The number of rotatable bonds is 4. The Morgan fingerprint density at radius 1 is 1.05 bits per heavy atom. The highest BCUT2D eigenvalue weighted by molar-refractivity contribution is 7.86. The van der Waals surface area contributed by atoms with E-state index >= 15 is 0 Å². The fraction of sp³-hybridized carbons (Fsp3) is 0.538. The van der Waals surface area contributed by atoms with Crippen LogP contribution in [0.5, 0.6) is 0 Å². The summed E-state index contributed by atoms with van der Waals surface area (Å²) in [5, 5.41) is 0. The summed E-state index contributed by atoms with van der Waals surface area (Å²) in [6.07, 6.45) is 5.18. The van der Waals surface area contributed by atoms with E-state index in [2.05, 4.69) is 0 Å². The van der Waals surface area contributed by atoms with Crippen LogP contribution in [0.3, 0.4) is 0 Å². The van der Waals surface area contributed by atoms with Crippen molar-refractivity contribution in [2.45, 2.75) is 37.0 Å². The van der Waals surface area contributed by atoms with Gasteiger partial charge >= 0.3 is 0 Å².